The van der Waals surface area contributed by atoms with E-state index in [1.807, 2.05) is 14.0 Å². The van der Waals surface area contributed by atoms with Crippen molar-refractivity contribution in [1.82, 2.24) is 20.0 Å². The van der Waals surface area contributed by atoms with Gasteiger partial charge in [0, 0.05) is 37.5 Å². The predicted molar refractivity (Wildman–Crippen MR) is 112 cm³/mol. The van der Waals surface area contributed by atoms with Gasteiger partial charge in [0.05, 0.1) is 18.7 Å². The van der Waals surface area contributed by atoms with Crippen molar-refractivity contribution < 1.29 is 13.5 Å². The van der Waals surface area contributed by atoms with E-state index >= 15 is 0 Å². The van der Waals surface area contributed by atoms with E-state index < -0.39 is 5.92 Å². The summed E-state index contributed by atoms with van der Waals surface area (Å²) in [5.41, 5.74) is 3.16. The molecule has 0 aromatic carbocycles. The number of rotatable bonds is 10. The zero-order valence-corrected chi connectivity index (χ0v) is 18.6. The van der Waals surface area contributed by atoms with Gasteiger partial charge in [-0.2, -0.15) is 5.10 Å². The Bertz CT molecular complexity index is 668. The molecule has 166 valence electrons. The first kappa shape index (κ1) is 22.6. The van der Waals surface area contributed by atoms with E-state index in [1.165, 1.54) is 0 Å². The average molecular weight is 413 g/mol. The van der Waals surface area contributed by atoms with Gasteiger partial charge in [0.1, 0.15) is 6.54 Å². The smallest absolute Gasteiger partial charge is 0.272 e. The summed E-state index contributed by atoms with van der Waals surface area (Å²) in [6.07, 6.45) is 5.23. The Balaban J connectivity index is 1.79. The molecule has 2 aliphatic rings. The predicted octanol–water partition coefficient (Wildman–Crippen LogP) is 3.82. The van der Waals surface area contributed by atoms with Crippen LogP contribution in [0.3, 0.4) is 0 Å². The van der Waals surface area contributed by atoms with Crippen molar-refractivity contribution in [2.45, 2.75) is 77.3 Å². The summed E-state index contributed by atoms with van der Waals surface area (Å²) >= 11 is 0. The second-order valence-electron chi connectivity index (χ2n) is 9.10. The lowest BCUT2D eigenvalue weighted by Gasteiger charge is -2.40. The molecule has 0 radical (unpaired) electrons. The van der Waals surface area contributed by atoms with Crippen molar-refractivity contribution in [2.24, 2.45) is 5.41 Å². The van der Waals surface area contributed by atoms with E-state index in [2.05, 4.69) is 29.3 Å². The number of hydrogen-bond donors (Lipinski definition) is 1. The first-order valence-corrected chi connectivity index (χ1v) is 11.2. The Morgan fingerprint density at radius 1 is 1.28 bits per heavy atom. The normalized spacial score (nSPS) is 26.2. The van der Waals surface area contributed by atoms with Crippen molar-refractivity contribution in [2.75, 3.05) is 40.4 Å². The van der Waals surface area contributed by atoms with Gasteiger partial charge in [0.25, 0.3) is 5.92 Å². The fourth-order valence-corrected chi connectivity index (χ4v) is 5.07. The van der Waals surface area contributed by atoms with Gasteiger partial charge in [0.2, 0.25) is 0 Å². The van der Waals surface area contributed by atoms with Crippen LogP contribution in [0.2, 0.25) is 0 Å². The molecular formula is C22H38F2N4O. The van der Waals surface area contributed by atoms with Crippen LogP contribution in [-0.2, 0) is 24.2 Å². The summed E-state index contributed by atoms with van der Waals surface area (Å²) in [5, 5.41) is 7.83. The molecule has 0 spiro atoms. The highest BCUT2D eigenvalue weighted by molar-refractivity contribution is 5.34. The number of fused-ring (bicyclic) bond motifs is 1. The van der Waals surface area contributed by atoms with Crippen molar-refractivity contribution in [1.29, 1.82) is 0 Å². The molecule has 0 atom stereocenters. The van der Waals surface area contributed by atoms with Crippen LogP contribution in [0.25, 0.3) is 0 Å². The summed E-state index contributed by atoms with van der Waals surface area (Å²) in [6.45, 7) is 8.12. The van der Waals surface area contributed by atoms with Crippen LogP contribution < -0.4 is 5.32 Å². The standard InChI is InChI=1S/C22H38F2N4O/c1-5-21(16-29-6-2)9-7-17(8-10-21)20-18(14-27(4)12-11-25-3)26-28-15-22(23,24)13-19(20)28/h17,25H,5-16H2,1-4H3/t17-,21-. The van der Waals surface area contributed by atoms with Crippen LogP contribution >= 0.6 is 0 Å². The van der Waals surface area contributed by atoms with Gasteiger partial charge in [0.15, 0.2) is 0 Å². The van der Waals surface area contributed by atoms with Crippen LogP contribution in [0.4, 0.5) is 8.78 Å². The topological polar surface area (TPSA) is 42.3 Å². The molecule has 7 heteroatoms. The largest absolute Gasteiger partial charge is 0.381 e. The number of nitrogens with zero attached hydrogens (tertiary/aromatic N) is 3. The fraction of sp³-hybridized carbons (Fsp3) is 0.864. The monoisotopic (exact) mass is 412 g/mol. The van der Waals surface area contributed by atoms with Crippen LogP contribution in [-0.4, -0.2) is 61.0 Å². The Morgan fingerprint density at radius 3 is 2.62 bits per heavy atom. The number of ether oxygens (including phenoxy) is 1. The Labute approximate surface area is 174 Å². The number of halogens is 2. The first-order chi connectivity index (χ1) is 13.8. The average Bonchev–Trinajstić information content (AvgIpc) is 3.16. The number of nitrogens with one attached hydrogen (secondary N) is 1. The van der Waals surface area contributed by atoms with Gasteiger partial charge in [-0.25, -0.2) is 8.78 Å². The van der Waals surface area contributed by atoms with Gasteiger partial charge in [-0.3, -0.25) is 9.58 Å². The van der Waals surface area contributed by atoms with E-state index in [0.717, 1.165) is 81.9 Å². The maximum atomic E-state index is 14.1. The first-order valence-electron chi connectivity index (χ1n) is 11.2. The zero-order chi connectivity index (χ0) is 21.1. The highest BCUT2D eigenvalue weighted by Crippen LogP contribution is 2.48. The molecule has 0 bridgehead atoms. The zero-order valence-electron chi connectivity index (χ0n) is 18.6. The van der Waals surface area contributed by atoms with E-state index in [1.54, 1.807) is 4.68 Å². The highest BCUT2D eigenvalue weighted by atomic mass is 19.3. The molecule has 1 fully saturated rings. The Kier molecular flexibility index (Phi) is 7.33. The minimum absolute atomic E-state index is 0.163. The molecule has 0 saturated heterocycles. The van der Waals surface area contributed by atoms with Crippen molar-refractivity contribution in [3.8, 4) is 0 Å². The minimum atomic E-state index is -2.66. The van der Waals surface area contributed by atoms with E-state index in [4.69, 9.17) is 4.74 Å². The van der Waals surface area contributed by atoms with Crippen molar-refractivity contribution in [3.63, 3.8) is 0 Å². The van der Waals surface area contributed by atoms with Crippen LogP contribution in [0.1, 0.15) is 68.8 Å². The number of alkyl halides is 2. The molecule has 5 nitrogen and oxygen atoms in total. The maximum Gasteiger partial charge on any atom is 0.272 e. The second kappa shape index (κ2) is 9.40. The van der Waals surface area contributed by atoms with Crippen LogP contribution in [0, 0.1) is 5.41 Å². The SMILES string of the molecule is CCOC[C@]1(CC)CC[C@@H](c2c(CN(C)CCNC)nn3c2CC(F)(F)C3)CC1. The molecule has 1 aliphatic heterocycles. The molecule has 1 saturated carbocycles. The number of hydrogen-bond acceptors (Lipinski definition) is 4. The number of likely N-dealkylation sites (N-methyl/N-ethyl adjacent to an activating group) is 2. The van der Waals surface area contributed by atoms with Gasteiger partial charge in [-0.1, -0.05) is 6.92 Å². The summed E-state index contributed by atoms with van der Waals surface area (Å²) in [4.78, 5) is 2.23. The maximum absolute atomic E-state index is 14.1. The van der Waals surface area contributed by atoms with E-state index in [0.29, 0.717) is 5.92 Å². The molecule has 2 heterocycles. The third-order valence-electron chi connectivity index (χ3n) is 6.96. The summed E-state index contributed by atoms with van der Waals surface area (Å²) in [6, 6.07) is 0. The minimum Gasteiger partial charge on any atom is -0.381 e. The molecule has 1 aromatic heterocycles. The molecule has 1 aliphatic carbocycles. The van der Waals surface area contributed by atoms with Gasteiger partial charge >= 0.3 is 0 Å². The lowest BCUT2D eigenvalue weighted by Crippen LogP contribution is -2.32. The Hall–Kier alpha value is -1.05. The van der Waals surface area contributed by atoms with E-state index in [-0.39, 0.29) is 18.4 Å². The number of aromatic nitrogens is 2. The van der Waals surface area contributed by atoms with Crippen molar-refractivity contribution >= 4 is 0 Å². The second-order valence-corrected chi connectivity index (χ2v) is 9.10. The van der Waals surface area contributed by atoms with Gasteiger partial charge < -0.3 is 10.1 Å². The van der Waals surface area contributed by atoms with Gasteiger partial charge in [-0.05, 0) is 64.5 Å². The molecule has 29 heavy (non-hydrogen) atoms. The molecule has 3 rings (SSSR count). The fourth-order valence-electron chi connectivity index (χ4n) is 5.07. The lowest BCUT2D eigenvalue weighted by molar-refractivity contribution is 0.000504. The van der Waals surface area contributed by atoms with E-state index in [9.17, 15) is 8.78 Å². The third kappa shape index (κ3) is 5.17. The summed E-state index contributed by atoms with van der Waals surface area (Å²) in [7, 11) is 4.02. The molecule has 1 N–H and O–H groups in total. The van der Waals surface area contributed by atoms with Gasteiger partial charge in [-0.15, -0.1) is 0 Å². The Morgan fingerprint density at radius 2 is 2.00 bits per heavy atom. The summed E-state index contributed by atoms with van der Waals surface area (Å²) < 4.78 is 35.6. The summed E-state index contributed by atoms with van der Waals surface area (Å²) in [5.74, 6) is -2.33. The quantitative estimate of drug-likeness (QED) is 0.635. The molecule has 0 unspecified atom stereocenters. The van der Waals surface area contributed by atoms with Crippen molar-refractivity contribution in [3.05, 3.63) is 17.0 Å². The van der Waals surface area contributed by atoms with Crippen LogP contribution in [0.5, 0.6) is 0 Å². The third-order valence-corrected chi connectivity index (χ3v) is 6.96. The molecular weight excluding hydrogens is 374 g/mol. The molecule has 1 aromatic rings. The lowest BCUT2D eigenvalue weighted by atomic mass is 9.67. The molecule has 0 amide bonds. The highest BCUT2D eigenvalue weighted by Gasteiger charge is 2.44. The van der Waals surface area contributed by atoms with Crippen LogP contribution in [0.15, 0.2) is 0 Å².